The molecule has 0 fully saturated rings. The lowest BCUT2D eigenvalue weighted by Gasteiger charge is -2.07. The quantitative estimate of drug-likeness (QED) is 0.799. The Morgan fingerprint density at radius 2 is 2.21 bits per heavy atom. The molecular weight excluding hydrogens is 208 g/mol. The van der Waals surface area contributed by atoms with Gasteiger partial charge in [-0.3, -0.25) is 0 Å². The number of carbonyl (C=O) groups is 1. The Balaban J connectivity index is 2.96. The maximum Gasteiger partial charge on any atom is 0.339 e. The number of aromatic carboxylic acids is 1. The SMILES string of the molecule is O=C(O)c1cc(Cl)ccc1OCCO. The predicted octanol–water partition coefficient (Wildman–Crippen LogP) is 1.41. The molecule has 1 aromatic rings. The zero-order chi connectivity index (χ0) is 10.6. The zero-order valence-electron chi connectivity index (χ0n) is 7.24. The third kappa shape index (κ3) is 2.61. The molecule has 4 nitrogen and oxygen atoms in total. The van der Waals surface area contributed by atoms with Crippen molar-refractivity contribution < 1.29 is 19.7 Å². The summed E-state index contributed by atoms with van der Waals surface area (Å²) in [6.45, 7) is -0.108. The highest BCUT2D eigenvalue weighted by Crippen LogP contribution is 2.22. The molecule has 0 radical (unpaired) electrons. The normalized spacial score (nSPS) is 9.86. The fourth-order valence-corrected chi connectivity index (χ4v) is 1.12. The molecule has 5 heteroatoms. The van der Waals surface area contributed by atoms with Gasteiger partial charge in [0.25, 0.3) is 0 Å². The van der Waals surface area contributed by atoms with Crippen LogP contribution in [0.25, 0.3) is 0 Å². The van der Waals surface area contributed by atoms with Crippen molar-refractivity contribution in [3.05, 3.63) is 28.8 Å². The number of hydrogen-bond acceptors (Lipinski definition) is 3. The molecule has 0 unspecified atom stereocenters. The average Bonchev–Trinajstić information content (AvgIpc) is 2.15. The van der Waals surface area contributed by atoms with Gasteiger partial charge in [-0.2, -0.15) is 0 Å². The summed E-state index contributed by atoms with van der Waals surface area (Å²) in [4.78, 5) is 10.7. The Labute approximate surface area is 85.7 Å². The molecule has 14 heavy (non-hydrogen) atoms. The number of carboxylic acid groups (broad SMARTS) is 1. The van der Waals surface area contributed by atoms with Crippen molar-refractivity contribution in [2.24, 2.45) is 0 Å². The molecule has 0 aliphatic heterocycles. The van der Waals surface area contributed by atoms with Gasteiger partial charge in [-0.05, 0) is 18.2 Å². The third-order valence-electron chi connectivity index (χ3n) is 1.52. The van der Waals surface area contributed by atoms with Crippen LogP contribution in [0.5, 0.6) is 5.75 Å². The van der Waals surface area contributed by atoms with E-state index in [0.717, 1.165) is 0 Å². The van der Waals surface area contributed by atoms with Crippen LogP contribution >= 0.6 is 11.6 Å². The number of carboxylic acids is 1. The van der Waals surface area contributed by atoms with Crippen LogP contribution in [0.3, 0.4) is 0 Å². The van der Waals surface area contributed by atoms with Gasteiger partial charge in [-0.25, -0.2) is 4.79 Å². The molecule has 0 saturated carbocycles. The maximum atomic E-state index is 10.7. The second kappa shape index (κ2) is 4.83. The molecule has 0 spiro atoms. The third-order valence-corrected chi connectivity index (χ3v) is 1.76. The Bertz CT molecular complexity index is 338. The average molecular weight is 217 g/mol. The van der Waals surface area contributed by atoms with Crippen LogP contribution < -0.4 is 4.74 Å². The van der Waals surface area contributed by atoms with Gasteiger partial charge in [-0.1, -0.05) is 11.6 Å². The van der Waals surface area contributed by atoms with Crippen molar-refractivity contribution >= 4 is 17.6 Å². The van der Waals surface area contributed by atoms with Crippen molar-refractivity contribution in [2.45, 2.75) is 0 Å². The van der Waals surface area contributed by atoms with Crippen molar-refractivity contribution in [1.29, 1.82) is 0 Å². The van der Waals surface area contributed by atoms with Crippen molar-refractivity contribution in [3.63, 3.8) is 0 Å². The monoisotopic (exact) mass is 216 g/mol. The first-order chi connectivity index (χ1) is 6.65. The minimum absolute atomic E-state index is 0.00838. The van der Waals surface area contributed by atoms with Crippen LogP contribution in [0, 0.1) is 0 Å². The van der Waals surface area contributed by atoms with Crippen LogP contribution in [0.15, 0.2) is 18.2 Å². The molecule has 0 bridgehead atoms. The smallest absolute Gasteiger partial charge is 0.339 e. The van der Waals surface area contributed by atoms with Crippen LogP contribution in [0.2, 0.25) is 5.02 Å². The lowest BCUT2D eigenvalue weighted by Crippen LogP contribution is -2.06. The van der Waals surface area contributed by atoms with E-state index in [9.17, 15) is 4.79 Å². The first-order valence-electron chi connectivity index (χ1n) is 3.91. The Morgan fingerprint density at radius 1 is 1.50 bits per heavy atom. The molecule has 0 aliphatic rings. The molecule has 0 aromatic heterocycles. The molecular formula is C9H9ClO4. The second-order valence-electron chi connectivity index (χ2n) is 2.52. The maximum absolute atomic E-state index is 10.7. The molecule has 0 atom stereocenters. The lowest BCUT2D eigenvalue weighted by molar-refractivity contribution is 0.0691. The number of rotatable bonds is 4. The van der Waals surface area contributed by atoms with E-state index < -0.39 is 5.97 Å². The summed E-state index contributed by atoms with van der Waals surface area (Å²) >= 11 is 5.63. The van der Waals surface area contributed by atoms with Crippen LogP contribution in [-0.4, -0.2) is 29.4 Å². The molecule has 1 aromatic carbocycles. The van der Waals surface area contributed by atoms with Gasteiger partial charge >= 0.3 is 5.97 Å². The summed E-state index contributed by atoms with van der Waals surface area (Å²) in [6, 6.07) is 4.29. The van der Waals surface area contributed by atoms with Gasteiger partial charge in [0, 0.05) is 5.02 Å². The molecule has 0 saturated heterocycles. The van der Waals surface area contributed by atoms with Gasteiger partial charge < -0.3 is 14.9 Å². The fourth-order valence-electron chi connectivity index (χ4n) is 0.951. The largest absolute Gasteiger partial charge is 0.490 e. The van der Waals surface area contributed by atoms with Gasteiger partial charge in [-0.15, -0.1) is 0 Å². The molecule has 1 rings (SSSR count). The van der Waals surface area contributed by atoms with Crippen molar-refractivity contribution in [1.82, 2.24) is 0 Å². The number of hydrogen-bond donors (Lipinski definition) is 2. The standard InChI is InChI=1S/C9H9ClO4/c10-6-1-2-8(14-4-3-11)7(5-6)9(12)13/h1-2,5,11H,3-4H2,(H,12,13). The van der Waals surface area contributed by atoms with E-state index in [4.69, 9.17) is 26.6 Å². The van der Waals surface area contributed by atoms with Gasteiger partial charge in [0.1, 0.15) is 17.9 Å². The molecule has 76 valence electrons. The summed E-state index contributed by atoms with van der Waals surface area (Å²) in [6.07, 6.45) is 0. The second-order valence-corrected chi connectivity index (χ2v) is 2.95. The van der Waals surface area contributed by atoms with E-state index in [2.05, 4.69) is 0 Å². The summed E-state index contributed by atoms with van der Waals surface area (Å²) in [5.41, 5.74) is -0.00838. The highest BCUT2D eigenvalue weighted by molar-refractivity contribution is 6.31. The van der Waals surface area contributed by atoms with Crippen LogP contribution in [-0.2, 0) is 0 Å². The van der Waals surface area contributed by atoms with E-state index in [1.165, 1.54) is 18.2 Å². The summed E-state index contributed by atoms with van der Waals surface area (Å²) in [5.74, 6) is -0.906. The van der Waals surface area contributed by atoms with Gasteiger partial charge in [0.05, 0.1) is 6.61 Å². The Hall–Kier alpha value is -1.26. The Morgan fingerprint density at radius 3 is 2.79 bits per heavy atom. The number of aliphatic hydroxyl groups is 1. The Kier molecular flexibility index (Phi) is 3.73. The number of aliphatic hydroxyl groups excluding tert-OH is 1. The molecule has 0 aliphatic carbocycles. The fraction of sp³-hybridized carbons (Fsp3) is 0.222. The first-order valence-corrected chi connectivity index (χ1v) is 4.29. The zero-order valence-corrected chi connectivity index (χ0v) is 7.99. The minimum atomic E-state index is -1.11. The number of halogens is 1. The van der Waals surface area contributed by atoms with Gasteiger partial charge in [0.2, 0.25) is 0 Å². The van der Waals surface area contributed by atoms with E-state index in [1.54, 1.807) is 0 Å². The molecule has 0 amide bonds. The van der Waals surface area contributed by atoms with Gasteiger partial charge in [0.15, 0.2) is 0 Å². The molecule has 0 heterocycles. The summed E-state index contributed by atoms with van der Waals surface area (Å²) in [7, 11) is 0. The summed E-state index contributed by atoms with van der Waals surface area (Å²) < 4.78 is 5.01. The number of ether oxygens (including phenoxy) is 1. The van der Waals surface area contributed by atoms with Crippen LogP contribution in [0.4, 0.5) is 0 Å². The minimum Gasteiger partial charge on any atom is -0.490 e. The molecule has 2 N–H and O–H groups in total. The lowest BCUT2D eigenvalue weighted by atomic mass is 10.2. The topological polar surface area (TPSA) is 66.8 Å². The van der Waals surface area contributed by atoms with E-state index in [1.807, 2.05) is 0 Å². The van der Waals surface area contributed by atoms with E-state index >= 15 is 0 Å². The predicted molar refractivity (Wildman–Crippen MR) is 51.0 cm³/mol. The van der Waals surface area contributed by atoms with E-state index in [0.29, 0.717) is 5.02 Å². The highest BCUT2D eigenvalue weighted by atomic mass is 35.5. The first kappa shape index (κ1) is 10.8. The van der Waals surface area contributed by atoms with Crippen molar-refractivity contribution in [2.75, 3.05) is 13.2 Å². The van der Waals surface area contributed by atoms with Crippen molar-refractivity contribution in [3.8, 4) is 5.75 Å². The summed E-state index contributed by atoms with van der Waals surface area (Å²) in [5, 5.41) is 17.6. The highest BCUT2D eigenvalue weighted by Gasteiger charge is 2.11. The van der Waals surface area contributed by atoms with Crippen LogP contribution in [0.1, 0.15) is 10.4 Å². The number of benzene rings is 1. The van der Waals surface area contributed by atoms with E-state index in [-0.39, 0.29) is 24.5 Å².